The maximum absolute atomic E-state index is 12.0. The maximum atomic E-state index is 12.0. The molecule has 0 aromatic rings. The van der Waals surface area contributed by atoms with Crippen molar-refractivity contribution in [2.24, 2.45) is 5.92 Å². The highest BCUT2D eigenvalue weighted by atomic mass is 16.2. The Balaban J connectivity index is 1.86. The van der Waals surface area contributed by atoms with Crippen LogP contribution in [-0.4, -0.2) is 42.3 Å². The van der Waals surface area contributed by atoms with Crippen molar-refractivity contribution in [1.82, 2.24) is 10.2 Å². The van der Waals surface area contributed by atoms with E-state index in [4.69, 9.17) is 0 Å². The van der Waals surface area contributed by atoms with Gasteiger partial charge in [-0.25, -0.2) is 0 Å². The first kappa shape index (κ1) is 15.5. The second-order valence-corrected chi connectivity index (χ2v) is 6.20. The fraction of sp³-hybridized carbons (Fsp3) is 0.875. The number of nitrogens with one attached hydrogen (secondary N) is 1. The van der Waals surface area contributed by atoms with E-state index < -0.39 is 0 Å². The van der Waals surface area contributed by atoms with E-state index in [-0.39, 0.29) is 11.8 Å². The van der Waals surface area contributed by atoms with Crippen LogP contribution >= 0.6 is 0 Å². The zero-order valence-corrected chi connectivity index (χ0v) is 12.7. The Labute approximate surface area is 122 Å². The first-order valence-electron chi connectivity index (χ1n) is 8.26. The SMILES string of the molecule is CCCCNC(=O)CN1CCCCC1C1CCCC1=O. The molecule has 0 aromatic carbocycles. The molecule has 2 fully saturated rings. The molecule has 4 heteroatoms. The predicted octanol–water partition coefficient (Wildman–Crippen LogP) is 2.13. The van der Waals surface area contributed by atoms with Crippen molar-refractivity contribution in [3.8, 4) is 0 Å². The highest BCUT2D eigenvalue weighted by Gasteiger charge is 2.37. The first-order valence-corrected chi connectivity index (χ1v) is 8.26. The van der Waals surface area contributed by atoms with Crippen LogP contribution in [0.1, 0.15) is 58.3 Å². The molecule has 2 unspecified atom stereocenters. The van der Waals surface area contributed by atoms with Gasteiger partial charge in [0.25, 0.3) is 0 Å². The lowest BCUT2D eigenvalue weighted by molar-refractivity contribution is -0.127. The Hall–Kier alpha value is -0.900. The number of amides is 1. The largest absolute Gasteiger partial charge is 0.355 e. The predicted molar refractivity (Wildman–Crippen MR) is 79.5 cm³/mol. The number of hydrogen-bond acceptors (Lipinski definition) is 3. The zero-order valence-electron chi connectivity index (χ0n) is 12.7. The third-order valence-electron chi connectivity index (χ3n) is 4.68. The molecule has 0 bridgehead atoms. The Bertz CT molecular complexity index is 343. The maximum Gasteiger partial charge on any atom is 0.234 e. The van der Waals surface area contributed by atoms with Crippen molar-refractivity contribution in [2.75, 3.05) is 19.6 Å². The summed E-state index contributed by atoms with van der Waals surface area (Å²) in [6.45, 7) is 4.34. The molecular formula is C16H28N2O2. The van der Waals surface area contributed by atoms with Crippen molar-refractivity contribution in [1.29, 1.82) is 0 Å². The van der Waals surface area contributed by atoms with Crippen LogP contribution in [0.25, 0.3) is 0 Å². The molecule has 1 aliphatic carbocycles. The van der Waals surface area contributed by atoms with Gasteiger partial charge in [0.1, 0.15) is 5.78 Å². The molecule has 1 amide bonds. The van der Waals surface area contributed by atoms with Gasteiger partial charge in [-0.1, -0.05) is 19.8 Å². The summed E-state index contributed by atoms with van der Waals surface area (Å²) in [4.78, 5) is 26.2. The quantitative estimate of drug-likeness (QED) is 0.758. The summed E-state index contributed by atoms with van der Waals surface area (Å²) in [5, 5.41) is 2.99. The third kappa shape index (κ3) is 4.05. The number of ketones is 1. The molecule has 1 saturated carbocycles. The minimum Gasteiger partial charge on any atom is -0.355 e. The fourth-order valence-electron chi connectivity index (χ4n) is 3.56. The van der Waals surface area contributed by atoms with E-state index in [1.165, 1.54) is 6.42 Å². The van der Waals surface area contributed by atoms with Crippen LogP contribution in [0.3, 0.4) is 0 Å². The minimum absolute atomic E-state index is 0.121. The summed E-state index contributed by atoms with van der Waals surface area (Å²) in [7, 11) is 0. The second kappa shape index (κ2) is 7.77. The molecule has 2 rings (SSSR count). The molecule has 0 radical (unpaired) electrons. The van der Waals surface area contributed by atoms with E-state index >= 15 is 0 Å². The van der Waals surface area contributed by atoms with Crippen LogP contribution in [0.4, 0.5) is 0 Å². The number of piperidine rings is 1. The van der Waals surface area contributed by atoms with Crippen molar-refractivity contribution < 1.29 is 9.59 Å². The first-order chi connectivity index (χ1) is 9.72. The van der Waals surface area contributed by atoms with Crippen LogP contribution in [0.5, 0.6) is 0 Å². The molecule has 4 nitrogen and oxygen atoms in total. The molecule has 0 spiro atoms. The van der Waals surface area contributed by atoms with Crippen LogP contribution < -0.4 is 5.32 Å². The summed E-state index contributed by atoms with van der Waals surface area (Å²) in [6.07, 6.45) is 8.38. The zero-order chi connectivity index (χ0) is 14.4. The summed E-state index contributed by atoms with van der Waals surface area (Å²) < 4.78 is 0. The molecule has 114 valence electrons. The number of likely N-dealkylation sites (tertiary alicyclic amines) is 1. The standard InChI is InChI=1S/C16H28N2O2/c1-2-3-10-17-16(20)12-18-11-5-4-8-14(18)13-7-6-9-15(13)19/h13-14H,2-12H2,1H3,(H,17,20). The Morgan fingerprint density at radius 1 is 1.30 bits per heavy atom. The molecular weight excluding hydrogens is 252 g/mol. The van der Waals surface area contributed by atoms with Gasteiger partial charge in [0.2, 0.25) is 5.91 Å². The van der Waals surface area contributed by atoms with Gasteiger partial charge < -0.3 is 5.32 Å². The molecule has 1 aliphatic heterocycles. The van der Waals surface area contributed by atoms with E-state index in [0.29, 0.717) is 18.4 Å². The average molecular weight is 280 g/mol. The van der Waals surface area contributed by atoms with Crippen molar-refractivity contribution in [3.05, 3.63) is 0 Å². The minimum atomic E-state index is 0.121. The van der Waals surface area contributed by atoms with Crippen LogP contribution in [0.15, 0.2) is 0 Å². The van der Waals surface area contributed by atoms with Gasteiger partial charge in [-0.3, -0.25) is 14.5 Å². The topological polar surface area (TPSA) is 49.4 Å². The van der Waals surface area contributed by atoms with Gasteiger partial charge >= 0.3 is 0 Å². The lowest BCUT2D eigenvalue weighted by atomic mass is 9.88. The smallest absolute Gasteiger partial charge is 0.234 e. The number of rotatable bonds is 6. The Morgan fingerprint density at radius 3 is 2.85 bits per heavy atom. The van der Waals surface area contributed by atoms with Gasteiger partial charge in [-0.15, -0.1) is 0 Å². The number of carbonyl (C=O) groups excluding carboxylic acids is 2. The lowest BCUT2D eigenvalue weighted by Crippen LogP contribution is -2.49. The van der Waals surface area contributed by atoms with E-state index in [1.807, 2.05) is 0 Å². The van der Waals surface area contributed by atoms with E-state index in [1.54, 1.807) is 0 Å². The summed E-state index contributed by atoms with van der Waals surface area (Å²) in [5.41, 5.74) is 0. The van der Waals surface area contributed by atoms with Crippen molar-refractivity contribution in [3.63, 3.8) is 0 Å². The number of unbranched alkanes of at least 4 members (excludes halogenated alkanes) is 1. The second-order valence-electron chi connectivity index (χ2n) is 6.20. The molecule has 1 N–H and O–H groups in total. The number of nitrogens with zero attached hydrogens (tertiary/aromatic N) is 1. The number of carbonyl (C=O) groups is 2. The van der Waals surface area contributed by atoms with Gasteiger partial charge in [0, 0.05) is 24.9 Å². The molecule has 1 heterocycles. The van der Waals surface area contributed by atoms with Crippen molar-refractivity contribution in [2.45, 2.75) is 64.3 Å². The number of Topliss-reactive ketones (excluding diaryl/α,β-unsaturated/α-hetero) is 1. The summed E-state index contributed by atoms with van der Waals surface area (Å²) in [6, 6.07) is 0.315. The number of hydrogen-bond donors (Lipinski definition) is 1. The average Bonchev–Trinajstić information content (AvgIpc) is 2.86. The molecule has 2 aliphatic rings. The van der Waals surface area contributed by atoms with Crippen LogP contribution in [0.2, 0.25) is 0 Å². The molecule has 20 heavy (non-hydrogen) atoms. The monoisotopic (exact) mass is 280 g/mol. The molecule has 0 aromatic heterocycles. The van der Waals surface area contributed by atoms with Gasteiger partial charge in [0.05, 0.1) is 6.54 Å². The van der Waals surface area contributed by atoms with E-state index in [2.05, 4.69) is 17.1 Å². The lowest BCUT2D eigenvalue weighted by Gasteiger charge is -2.38. The Morgan fingerprint density at radius 2 is 2.15 bits per heavy atom. The normalized spacial score (nSPS) is 27.8. The summed E-state index contributed by atoms with van der Waals surface area (Å²) in [5.74, 6) is 0.739. The van der Waals surface area contributed by atoms with E-state index in [9.17, 15) is 9.59 Å². The highest BCUT2D eigenvalue weighted by Crippen LogP contribution is 2.32. The van der Waals surface area contributed by atoms with Gasteiger partial charge in [-0.05, 0) is 38.6 Å². The van der Waals surface area contributed by atoms with E-state index in [0.717, 1.165) is 58.0 Å². The molecule has 1 saturated heterocycles. The van der Waals surface area contributed by atoms with Crippen molar-refractivity contribution >= 4 is 11.7 Å². The van der Waals surface area contributed by atoms with Crippen LogP contribution in [-0.2, 0) is 9.59 Å². The fourth-order valence-corrected chi connectivity index (χ4v) is 3.56. The van der Waals surface area contributed by atoms with Crippen LogP contribution in [0, 0.1) is 5.92 Å². The summed E-state index contributed by atoms with van der Waals surface area (Å²) >= 11 is 0. The van der Waals surface area contributed by atoms with Gasteiger partial charge in [-0.2, -0.15) is 0 Å². The molecule has 2 atom stereocenters. The highest BCUT2D eigenvalue weighted by molar-refractivity contribution is 5.84. The van der Waals surface area contributed by atoms with Gasteiger partial charge in [0.15, 0.2) is 0 Å². The Kier molecular flexibility index (Phi) is 6.02. The third-order valence-corrected chi connectivity index (χ3v) is 4.68.